The summed E-state index contributed by atoms with van der Waals surface area (Å²) in [6.45, 7) is 1.81. The molecule has 0 aliphatic heterocycles. The fourth-order valence-corrected chi connectivity index (χ4v) is 1.80. The van der Waals surface area contributed by atoms with Crippen LogP contribution >= 0.6 is 0 Å². The molecule has 0 amide bonds. The number of carboxylic acids is 2. The SMILES string of the molecule is C[c-]1cccc1C(=O)C=CC(=O)O.O=C(O)C=CC(=O)[c-]1[cH-][cH-][cH-][cH-]1.[Fe]. The predicted molar refractivity (Wildman–Crippen MR) is 91.0 cm³/mol. The number of hydrogen-bond donors (Lipinski definition) is 2. The third kappa shape index (κ3) is 8.19. The molecule has 2 rings (SSSR count). The van der Waals surface area contributed by atoms with Gasteiger partial charge in [0, 0.05) is 23.1 Å². The van der Waals surface area contributed by atoms with Gasteiger partial charge in [0.2, 0.25) is 0 Å². The van der Waals surface area contributed by atoms with Crippen LogP contribution in [0.2, 0.25) is 0 Å². The van der Waals surface area contributed by atoms with Crippen molar-refractivity contribution >= 4 is 23.5 Å². The van der Waals surface area contributed by atoms with Gasteiger partial charge in [-0.3, -0.25) is 0 Å². The van der Waals surface area contributed by atoms with Crippen LogP contribution in [0, 0.1) is 6.92 Å². The molecule has 0 bridgehead atoms. The fraction of sp³-hybridized carbons (Fsp3) is 0.0526. The van der Waals surface area contributed by atoms with E-state index in [-0.39, 0.29) is 28.6 Å². The summed E-state index contributed by atoms with van der Waals surface area (Å²) in [6, 6.07) is 12.0. The molecule has 26 heavy (non-hydrogen) atoms. The van der Waals surface area contributed by atoms with Crippen LogP contribution in [-0.4, -0.2) is 33.7 Å². The van der Waals surface area contributed by atoms with Crippen molar-refractivity contribution in [2.75, 3.05) is 0 Å². The number of carbonyl (C=O) groups excluding carboxylic acids is 2. The van der Waals surface area contributed by atoms with E-state index in [2.05, 4.69) is 0 Å². The first-order valence-electron chi connectivity index (χ1n) is 7.16. The van der Waals surface area contributed by atoms with E-state index in [4.69, 9.17) is 10.2 Å². The van der Waals surface area contributed by atoms with Gasteiger partial charge in [-0.2, -0.15) is 18.2 Å². The van der Waals surface area contributed by atoms with Gasteiger partial charge in [0.05, 0.1) is 0 Å². The van der Waals surface area contributed by atoms with Crippen molar-refractivity contribution in [2.45, 2.75) is 6.92 Å². The van der Waals surface area contributed by atoms with Crippen molar-refractivity contribution in [3.8, 4) is 0 Å². The average molecular weight is 396 g/mol. The quantitative estimate of drug-likeness (QED) is 0.337. The molecule has 0 saturated heterocycles. The zero-order chi connectivity index (χ0) is 18.8. The topological polar surface area (TPSA) is 109 Å². The van der Waals surface area contributed by atoms with Crippen LogP contribution in [0.1, 0.15) is 26.3 Å². The van der Waals surface area contributed by atoms with E-state index in [1.807, 2.05) is 13.0 Å². The number of carboxylic acid groups (broad SMARTS) is 2. The van der Waals surface area contributed by atoms with Crippen molar-refractivity contribution in [3.63, 3.8) is 0 Å². The first-order valence-corrected chi connectivity index (χ1v) is 7.16. The standard InChI is InChI=1S/C10H9O3.C9H7O3.Fe/c1-7-3-2-4-8(7)9(11)5-6-10(12)13;10-8(5-6-9(11)12)7-3-1-2-4-7;/h2-6H,1H3,(H,12,13);1-6H,(H,11,12);/q-1;-5;. The summed E-state index contributed by atoms with van der Waals surface area (Å²) < 4.78 is 0. The molecule has 0 saturated carbocycles. The van der Waals surface area contributed by atoms with Gasteiger partial charge >= 0.3 is 5.97 Å². The Morgan fingerprint density at radius 1 is 0.962 bits per heavy atom. The third-order valence-electron chi connectivity index (χ3n) is 3.00. The van der Waals surface area contributed by atoms with Crippen LogP contribution in [0.5, 0.6) is 0 Å². The monoisotopic (exact) mass is 396 g/mol. The van der Waals surface area contributed by atoms with Gasteiger partial charge in [-0.15, -0.1) is 17.2 Å². The van der Waals surface area contributed by atoms with Gasteiger partial charge < -0.3 is 61.5 Å². The van der Waals surface area contributed by atoms with Gasteiger partial charge in [-0.1, -0.05) is 13.0 Å². The van der Waals surface area contributed by atoms with Crippen LogP contribution in [0.3, 0.4) is 0 Å². The molecule has 2 aromatic rings. The summed E-state index contributed by atoms with van der Waals surface area (Å²) in [4.78, 5) is 42.5. The maximum absolute atomic E-state index is 11.3. The Morgan fingerprint density at radius 3 is 1.96 bits per heavy atom. The Bertz CT molecular complexity index is 809. The molecule has 6 nitrogen and oxygen atoms in total. The second-order valence-electron chi connectivity index (χ2n) is 4.87. The number of ketones is 2. The van der Waals surface area contributed by atoms with Crippen LogP contribution in [0.15, 0.2) is 66.8 Å². The Morgan fingerprint density at radius 2 is 1.50 bits per heavy atom. The zero-order valence-corrected chi connectivity index (χ0v) is 14.8. The molecule has 7 heteroatoms. The summed E-state index contributed by atoms with van der Waals surface area (Å²) in [5, 5.41) is 16.5. The predicted octanol–water partition coefficient (Wildman–Crippen LogP) is 2.76. The number of aliphatic carboxylic acids is 2. The third-order valence-corrected chi connectivity index (χ3v) is 3.00. The van der Waals surface area contributed by atoms with Gasteiger partial charge in [0.1, 0.15) is 5.78 Å². The van der Waals surface area contributed by atoms with E-state index in [9.17, 15) is 19.2 Å². The molecule has 2 aromatic carbocycles. The van der Waals surface area contributed by atoms with Crippen LogP contribution in [0.4, 0.5) is 0 Å². The number of rotatable bonds is 6. The van der Waals surface area contributed by atoms with E-state index in [1.54, 1.807) is 36.4 Å². The summed E-state index contributed by atoms with van der Waals surface area (Å²) in [7, 11) is 0. The second-order valence-corrected chi connectivity index (χ2v) is 4.87. The molecule has 0 aliphatic rings. The number of allylic oxidation sites excluding steroid dienone is 2. The van der Waals surface area contributed by atoms with Crippen molar-refractivity contribution < 1.29 is 46.5 Å². The largest absolute Gasteiger partial charge is 0.645 e. The molecule has 0 radical (unpaired) electrons. The van der Waals surface area contributed by atoms with E-state index >= 15 is 0 Å². The van der Waals surface area contributed by atoms with Gasteiger partial charge in [-0.25, -0.2) is 9.59 Å². The average Bonchev–Trinajstić information content (AvgIpc) is 3.22. The summed E-state index contributed by atoms with van der Waals surface area (Å²) in [5.41, 5.74) is 1.92. The molecule has 0 unspecified atom stereocenters. The minimum Gasteiger partial charge on any atom is -0.645 e. The fourth-order valence-electron chi connectivity index (χ4n) is 1.80. The van der Waals surface area contributed by atoms with E-state index < -0.39 is 11.9 Å². The summed E-state index contributed by atoms with van der Waals surface area (Å²) in [6.07, 6.45) is 3.77. The maximum Gasteiger partial charge on any atom is 0.327 e. The Hall–Kier alpha value is -3.02. The minimum absolute atomic E-state index is 0. The normalized spacial score (nSPS) is 10.0. The number of carbonyl (C=O) groups is 4. The second kappa shape index (κ2) is 11.5. The van der Waals surface area contributed by atoms with Gasteiger partial charge in [0.15, 0.2) is 0 Å². The van der Waals surface area contributed by atoms with E-state index in [0.717, 1.165) is 29.9 Å². The van der Waals surface area contributed by atoms with Gasteiger partial charge in [-0.05, 0) is 0 Å². The molecule has 0 aliphatic carbocycles. The number of aryl methyl sites for hydroxylation is 1. The van der Waals surface area contributed by atoms with Crippen LogP contribution in [-0.2, 0) is 26.7 Å². The Kier molecular flexibility index (Phi) is 10.2. The molecule has 0 spiro atoms. The minimum atomic E-state index is -1.12. The molecule has 142 valence electrons. The van der Waals surface area contributed by atoms with Crippen molar-refractivity contribution in [2.24, 2.45) is 0 Å². The maximum atomic E-state index is 11.3. The smallest absolute Gasteiger partial charge is 0.327 e. The van der Waals surface area contributed by atoms with Crippen molar-refractivity contribution in [1.82, 2.24) is 0 Å². The molecule has 0 fully saturated rings. The summed E-state index contributed by atoms with van der Waals surface area (Å²) >= 11 is 0. The van der Waals surface area contributed by atoms with Gasteiger partial charge in [0.25, 0.3) is 5.97 Å². The van der Waals surface area contributed by atoms with Crippen LogP contribution in [0.25, 0.3) is 0 Å². The zero-order valence-electron chi connectivity index (χ0n) is 13.7. The summed E-state index contributed by atoms with van der Waals surface area (Å²) in [5.74, 6) is -2.79. The first kappa shape index (κ1) is 23.0. The van der Waals surface area contributed by atoms with Crippen molar-refractivity contribution in [3.05, 3.63) is 83.5 Å². The van der Waals surface area contributed by atoms with Crippen LogP contribution < -0.4 is 0 Å². The molecule has 0 heterocycles. The Balaban J connectivity index is 0.000000464. The molecule has 0 aromatic heterocycles. The van der Waals surface area contributed by atoms with Crippen molar-refractivity contribution in [1.29, 1.82) is 0 Å². The Labute approximate surface area is 160 Å². The molecule has 2 N–H and O–H groups in total. The van der Waals surface area contributed by atoms with E-state index in [1.165, 1.54) is 0 Å². The number of hydrogen-bond acceptors (Lipinski definition) is 4. The molecule has 0 atom stereocenters. The first-order chi connectivity index (χ1) is 11.8. The van der Waals surface area contributed by atoms with E-state index in [0.29, 0.717) is 11.1 Å². The molecular formula is C19H16FeO6-6. The molecular weight excluding hydrogens is 380 g/mol.